The molecule has 0 spiro atoms. The van der Waals surface area contributed by atoms with Crippen molar-refractivity contribution in [2.45, 2.75) is 19.6 Å². The summed E-state index contributed by atoms with van der Waals surface area (Å²) >= 11 is 3.50. The first-order valence-corrected chi connectivity index (χ1v) is 8.38. The molecule has 0 radical (unpaired) electrons. The minimum Gasteiger partial charge on any atom is -0.492 e. The number of hydrogen-bond donors (Lipinski definition) is 2. The predicted molar refractivity (Wildman–Crippen MR) is 95.0 cm³/mol. The third-order valence-electron chi connectivity index (χ3n) is 3.42. The van der Waals surface area contributed by atoms with Gasteiger partial charge in [-0.1, -0.05) is 30.3 Å². The summed E-state index contributed by atoms with van der Waals surface area (Å²) in [5.74, 6) is 1.41. The number of halogens is 1. The summed E-state index contributed by atoms with van der Waals surface area (Å²) in [6.07, 6.45) is -0.524. The highest BCUT2D eigenvalue weighted by Gasteiger charge is 2.12. The van der Waals surface area contributed by atoms with Crippen LogP contribution in [0.25, 0.3) is 0 Å². The number of methoxy groups -OCH3 is 1. The second kappa shape index (κ2) is 8.91. The molecule has 4 nitrogen and oxygen atoms in total. The lowest BCUT2D eigenvalue weighted by atomic mass is 10.1. The number of aliphatic hydroxyl groups is 1. The van der Waals surface area contributed by atoms with Crippen molar-refractivity contribution in [1.82, 2.24) is 5.32 Å². The Morgan fingerprint density at radius 1 is 1.22 bits per heavy atom. The van der Waals surface area contributed by atoms with Gasteiger partial charge in [0.15, 0.2) is 11.5 Å². The maximum absolute atomic E-state index is 10.2. The SMILES string of the molecule is CCOc1cc(CNC[C@@H](O)c2ccccc2)cc(Br)c1OC. The quantitative estimate of drug-likeness (QED) is 0.734. The lowest BCUT2D eigenvalue weighted by Crippen LogP contribution is -2.21. The van der Waals surface area contributed by atoms with Gasteiger partial charge in [-0.2, -0.15) is 0 Å². The Labute approximate surface area is 145 Å². The molecule has 0 aliphatic carbocycles. The van der Waals surface area contributed by atoms with Gasteiger partial charge in [0, 0.05) is 13.1 Å². The molecule has 23 heavy (non-hydrogen) atoms. The summed E-state index contributed by atoms with van der Waals surface area (Å²) in [4.78, 5) is 0. The molecule has 0 saturated heterocycles. The van der Waals surface area contributed by atoms with Gasteiger partial charge in [0.2, 0.25) is 0 Å². The van der Waals surface area contributed by atoms with Gasteiger partial charge >= 0.3 is 0 Å². The molecule has 2 aromatic carbocycles. The van der Waals surface area contributed by atoms with Crippen LogP contribution in [0.5, 0.6) is 11.5 Å². The van der Waals surface area contributed by atoms with Crippen molar-refractivity contribution in [3.05, 3.63) is 58.1 Å². The highest BCUT2D eigenvalue weighted by atomic mass is 79.9. The fourth-order valence-electron chi connectivity index (χ4n) is 2.33. The zero-order valence-electron chi connectivity index (χ0n) is 13.4. The van der Waals surface area contributed by atoms with Crippen LogP contribution in [0.2, 0.25) is 0 Å². The van der Waals surface area contributed by atoms with Crippen LogP contribution in [-0.2, 0) is 6.54 Å². The van der Waals surface area contributed by atoms with Crippen LogP contribution in [0.1, 0.15) is 24.2 Å². The summed E-state index contributed by atoms with van der Waals surface area (Å²) in [5, 5.41) is 13.4. The normalized spacial score (nSPS) is 12.0. The largest absolute Gasteiger partial charge is 0.492 e. The molecule has 2 rings (SSSR count). The third-order valence-corrected chi connectivity index (χ3v) is 4.01. The van der Waals surface area contributed by atoms with Crippen LogP contribution < -0.4 is 14.8 Å². The van der Waals surface area contributed by atoms with E-state index in [2.05, 4.69) is 21.2 Å². The Balaban J connectivity index is 1.98. The second-order valence-corrected chi connectivity index (χ2v) is 5.95. The van der Waals surface area contributed by atoms with E-state index in [1.807, 2.05) is 49.4 Å². The Kier molecular flexibility index (Phi) is 6.89. The molecule has 1 atom stereocenters. The number of nitrogens with one attached hydrogen (secondary N) is 1. The standard InChI is InChI=1S/C18H22BrNO3/c1-3-23-17-10-13(9-15(19)18(17)22-2)11-20-12-16(21)14-7-5-4-6-8-14/h4-10,16,20-21H,3,11-12H2,1-2H3/t16-/m1/s1. The van der Waals surface area contributed by atoms with Gasteiger partial charge in [-0.05, 0) is 46.1 Å². The van der Waals surface area contributed by atoms with Crippen molar-refractivity contribution in [3.8, 4) is 11.5 Å². The number of ether oxygens (including phenoxy) is 2. The molecular weight excluding hydrogens is 358 g/mol. The maximum atomic E-state index is 10.2. The van der Waals surface area contributed by atoms with Crippen LogP contribution in [0.4, 0.5) is 0 Å². The molecule has 2 aromatic rings. The van der Waals surface area contributed by atoms with Crippen molar-refractivity contribution in [3.63, 3.8) is 0 Å². The summed E-state index contributed by atoms with van der Waals surface area (Å²) in [6.45, 7) is 3.63. The van der Waals surface area contributed by atoms with E-state index in [0.29, 0.717) is 31.2 Å². The first kappa shape index (κ1) is 17.8. The van der Waals surface area contributed by atoms with Crippen molar-refractivity contribution >= 4 is 15.9 Å². The van der Waals surface area contributed by atoms with Gasteiger partial charge in [0.1, 0.15) is 0 Å². The molecular formula is C18H22BrNO3. The lowest BCUT2D eigenvalue weighted by Gasteiger charge is -2.15. The molecule has 0 heterocycles. The van der Waals surface area contributed by atoms with Gasteiger partial charge in [-0.25, -0.2) is 0 Å². The van der Waals surface area contributed by atoms with E-state index in [9.17, 15) is 5.11 Å². The molecule has 0 unspecified atom stereocenters. The lowest BCUT2D eigenvalue weighted by molar-refractivity contribution is 0.174. The van der Waals surface area contributed by atoms with Gasteiger partial charge in [-0.3, -0.25) is 0 Å². The van der Waals surface area contributed by atoms with E-state index in [4.69, 9.17) is 9.47 Å². The molecule has 0 saturated carbocycles. The highest BCUT2D eigenvalue weighted by molar-refractivity contribution is 9.10. The van der Waals surface area contributed by atoms with E-state index in [1.165, 1.54) is 0 Å². The molecule has 5 heteroatoms. The molecule has 0 fully saturated rings. The summed E-state index contributed by atoms with van der Waals surface area (Å²) in [6, 6.07) is 13.6. The zero-order chi connectivity index (χ0) is 16.7. The Hall–Kier alpha value is -1.56. The minimum absolute atomic E-state index is 0.484. The monoisotopic (exact) mass is 379 g/mol. The van der Waals surface area contributed by atoms with Crippen molar-refractivity contribution in [1.29, 1.82) is 0 Å². The second-order valence-electron chi connectivity index (χ2n) is 5.10. The predicted octanol–water partition coefficient (Wildman–Crippen LogP) is 3.68. The molecule has 0 aromatic heterocycles. The van der Waals surface area contributed by atoms with Gasteiger partial charge in [0.05, 0.1) is 24.3 Å². The Morgan fingerprint density at radius 3 is 2.61 bits per heavy atom. The summed E-state index contributed by atoms with van der Waals surface area (Å²) in [7, 11) is 1.62. The van der Waals surface area contributed by atoms with E-state index in [0.717, 1.165) is 15.6 Å². The highest BCUT2D eigenvalue weighted by Crippen LogP contribution is 2.36. The van der Waals surface area contributed by atoms with Crippen LogP contribution in [0.3, 0.4) is 0 Å². The molecule has 124 valence electrons. The Morgan fingerprint density at radius 2 is 1.96 bits per heavy atom. The Bertz CT molecular complexity index is 619. The van der Waals surface area contributed by atoms with Crippen LogP contribution >= 0.6 is 15.9 Å². The minimum atomic E-state index is -0.524. The summed E-state index contributed by atoms with van der Waals surface area (Å²) < 4.78 is 11.8. The topological polar surface area (TPSA) is 50.7 Å². The van der Waals surface area contributed by atoms with Crippen molar-refractivity contribution < 1.29 is 14.6 Å². The summed E-state index contributed by atoms with van der Waals surface area (Å²) in [5.41, 5.74) is 1.97. The zero-order valence-corrected chi connectivity index (χ0v) is 15.0. The fourth-order valence-corrected chi connectivity index (χ4v) is 2.98. The number of benzene rings is 2. The third kappa shape index (κ3) is 4.96. The fraction of sp³-hybridized carbons (Fsp3) is 0.333. The molecule has 0 amide bonds. The average Bonchev–Trinajstić information content (AvgIpc) is 2.56. The molecule has 0 aliphatic rings. The van der Waals surface area contributed by atoms with Crippen molar-refractivity contribution in [2.75, 3.05) is 20.3 Å². The van der Waals surface area contributed by atoms with E-state index in [1.54, 1.807) is 7.11 Å². The molecule has 2 N–H and O–H groups in total. The van der Waals surface area contributed by atoms with E-state index < -0.39 is 6.10 Å². The van der Waals surface area contributed by atoms with Crippen LogP contribution in [-0.4, -0.2) is 25.4 Å². The number of aliphatic hydroxyl groups excluding tert-OH is 1. The first-order valence-electron chi connectivity index (χ1n) is 7.58. The van der Waals surface area contributed by atoms with E-state index >= 15 is 0 Å². The number of hydrogen-bond acceptors (Lipinski definition) is 4. The number of rotatable bonds is 8. The first-order chi connectivity index (χ1) is 11.2. The average molecular weight is 380 g/mol. The molecule has 0 bridgehead atoms. The van der Waals surface area contributed by atoms with Gasteiger partial charge in [0.25, 0.3) is 0 Å². The van der Waals surface area contributed by atoms with E-state index in [-0.39, 0.29) is 0 Å². The van der Waals surface area contributed by atoms with Crippen LogP contribution in [0.15, 0.2) is 46.9 Å². The van der Waals surface area contributed by atoms with Gasteiger partial charge < -0.3 is 19.9 Å². The van der Waals surface area contributed by atoms with Crippen molar-refractivity contribution in [2.24, 2.45) is 0 Å². The molecule has 0 aliphatic heterocycles. The smallest absolute Gasteiger partial charge is 0.174 e. The van der Waals surface area contributed by atoms with Crippen LogP contribution in [0, 0.1) is 0 Å². The maximum Gasteiger partial charge on any atom is 0.174 e. The van der Waals surface area contributed by atoms with Gasteiger partial charge in [-0.15, -0.1) is 0 Å².